The van der Waals surface area contributed by atoms with Crippen molar-refractivity contribution < 1.29 is 9.50 Å². The average molecular weight is 279 g/mol. The summed E-state index contributed by atoms with van der Waals surface area (Å²) in [6.07, 6.45) is 1.39. The molecule has 0 radical (unpaired) electrons. The second-order valence-corrected chi connectivity index (χ2v) is 5.00. The fourth-order valence-electron chi connectivity index (χ4n) is 2.07. The molecule has 2 rings (SSSR count). The Hall–Kier alpha value is -1.38. The van der Waals surface area contributed by atoms with Crippen LogP contribution in [0.4, 0.5) is 4.39 Å². The Balaban J connectivity index is 1.91. The lowest BCUT2D eigenvalue weighted by molar-refractivity contribution is 0.160. The Morgan fingerprint density at radius 3 is 2.58 bits per heavy atom. The molecule has 1 nitrogen and oxygen atoms in total. The van der Waals surface area contributed by atoms with Crippen molar-refractivity contribution in [2.24, 2.45) is 0 Å². The lowest BCUT2D eigenvalue weighted by atomic mass is 10.0. The highest BCUT2D eigenvalue weighted by molar-refractivity contribution is 6.30. The highest BCUT2D eigenvalue weighted by Crippen LogP contribution is 2.25. The van der Waals surface area contributed by atoms with Crippen molar-refractivity contribution in [1.82, 2.24) is 0 Å². The van der Waals surface area contributed by atoms with Crippen LogP contribution in [0.1, 0.15) is 30.1 Å². The maximum atomic E-state index is 13.6. The predicted molar refractivity (Wildman–Crippen MR) is 75.7 cm³/mol. The van der Waals surface area contributed by atoms with Gasteiger partial charge in [0.1, 0.15) is 5.82 Å². The van der Waals surface area contributed by atoms with Crippen LogP contribution in [0.25, 0.3) is 0 Å². The predicted octanol–water partition coefficient (Wildman–Crippen LogP) is 4.54. The van der Waals surface area contributed by atoms with Gasteiger partial charge in [-0.25, -0.2) is 4.39 Å². The van der Waals surface area contributed by atoms with Gasteiger partial charge in [0.05, 0.1) is 6.10 Å². The monoisotopic (exact) mass is 278 g/mol. The summed E-state index contributed by atoms with van der Waals surface area (Å²) < 4.78 is 13.6. The van der Waals surface area contributed by atoms with Crippen LogP contribution in [0, 0.1) is 5.82 Å². The van der Waals surface area contributed by atoms with Crippen LogP contribution < -0.4 is 0 Å². The summed E-state index contributed by atoms with van der Waals surface area (Å²) >= 11 is 5.81. The molecule has 1 N–H and O–H groups in total. The molecule has 1 unspecified atom stereocenters. The molecule has 1 atom stereocenters. The number of aryl methyl sites for hydroxylation is 1. The number of aliphatic hydroxyl groups excluding tert-OH is 1. The Bertz CT molecular complexity index is 528. The highest BCUT2D eigenvalue weighted by atomic mass is 35.5. The van der Waals surface area contributed by atoms with Crippen molar-refractivity contribution in [3.8, 4) is 0 Å². The zero-order chi connectivity index (χ0) is 13.7. The van der Waals surface area contributed by atoms with Gasteiger partial charge >= 0.3 is 0 Å². The second kappa shape index (κ2) is 6.69. The molecule has 2 aromatic carbocycles. The topological polar surface area (TPSA) is 20.2 Å². The summed E-state index contributed by atoms with van der Waals surface area (Å²) in [5.41, 5.74) is 1.50. The van der Waals surface area contributed by atoms with Gasteiger partial charge in [-0.15, -0.1) is 0 Å². The third-order valence-corrected chi connectivity index (χ3v) is 3.34. The molecular formula is C16H16ClFO. The lowest BCUT2D eigenvalue weighted by Gasteiger charge is -2.12. The average Bonchev–Trinajstić information content (AvgIpc) is 2.42. The van der Waals surface area contributed by atoms with Crippen molar-refractivity contribution in [1.29, 1.82) is 0 Å². The van der Waals surface area contributed by atoms with E-state index >= 15 is 0 Å². The van der Waals surface area contributed by atoms with E-state index in [1.54, 1.807) is 0 Å². The molecule has 0 spiro atoms. The largest absolute Gasteiger partial charge is 0.388 e. The van der Waals surface area contributed by atoms with E-state index in [-0.39, 0.29) is 5.56 Å². The third kappa shape index (κ3) is 4.05. The molecule has 0 amide bonds. The summed E-state index contributed by atoms with van der Waals surface area (Å²) in [5, 5.41) is 10.4. The van der Waals surface area contributed by atoms with Gasteiger partial charge in [0.25, 0.3) is 0 Å². The molecule has 0 aliphatic heterocycles. The zero-order valence-electron chi connectivity index (χ0n) is 10.5. The van der Waals surface area contributed by atoms with Crippen molar-refractivity contribution in [3.63, 3.8) is 0 Å². The van der Waals surface area contributed by atoms with Gasteiger partial charge in [-0.1, -0.05) is 41.9 Å². The first-order valence-corrected chi connectivity index (χ1v) is 6.71. The Labute approximate surface area is 117 Å². The van der Waals surface area contributed by atoms with E-state index < -0.39 is 11.9 Å². The molecule has 0 aromatic heterocycles. The minimum Gasteiger partial charge on any atom is -0.388 e. The standard InChI is InChI=1S/C16H16ClFO/c17-13-9-10-15(18)14(11-13)16(19)8-4-7-12-5-2-1-3-6-12/h1-3,5-6,9-11,16,19H,4,7-8H2. The molecular weight excluding hydrogens is 263 g/mol. The number of halogens is 2. The van der Waals surface area contributed by atoms with Gasteiger partial charge < -0.3 is 5.11 Å². The summed E-state index contributed by atoms with van der Waals surface area (Å²) in [6, 6.07) is 14.3. The number of benzene rings is 2. The second-order valence-electron chi connectivity index (χ2n) is 4.56. The van der Waals surface area contributed by atoms with Crippen LogP contribution in [0.2, 0.25) is 5.02 Å². The van der Waals surface area contributed by atoms with E-state index in [0.717, 1.165) is 12.8 Å². The van der Waals surface area contributed by atoms with Crippen LogP contribution in [0.15, 0.2) is 48.5 Å². The molecule has 0 aliphatic rings. The van der Waals surface area contributed by atoms with Crippen LogP contribution >= 0.6 is 11.6 Å². The van der Waals surface area contributed by atoms with E-state index in [0.29, 0.717) is 11.4 Å². The van der Waals surface area contributed by atoms with Gasteiger partial charge in [0, 0.05) is 10.6 Å². The summed E-state index contributed by atoms with van der Waals surface area (Å²) in [6.45, 7) is 0. The summed E-state index contributed by atoms with van der Waals surface area (Å²) in [7, 11) is 0. The smallest absolute Gasteiger partial charge is 0.129 e. The molecule has 2 aromatic rings. The van der Waals surface area contributed by atoms with Crippen molar-refractivity contribution >= 4 is 11.6 Å². The van der Waals surface area contributed by atoms with Gasteiger partial charge in [-0.2, -0.15) is 0 Å². The highest BCUT2D eigenvalue weighted by Gasteiger charge is 2.13. The number of hydrogen-bond acceptors (Lipinski definition) is 1. The SMILES string of the molecule is OC(CCCc1ccccc1)c1cc(Cl)ccc1F. The van der Waals surface area contributed by atoms with Crippen molar-refractivity contribution in [2.45, 2.75) is 25.4 Å². The molecule has 0 heterocycles. The molecule has 19 heavy (non-hydrogen) atoms. The lowest BCUT2D eigenvalue weighted by Crippen LogP contribution is -2.01. The van der Waals surface area contributed by atoms with E-state index in [9.17, 15) is 9.50 Å². The van der Waals surface area contributed by atoms with Crippen LogP contribution in [0.3, 0.4) is 0 Å². The first kappa shape index (κ1) is 14.0. The fraction of sp³-hybridized carbons (Fsp3) is 0.250. The quantitative estimate of drug-likeness (QED) is 0.851. The maximum absolute atomic E-state index is 13.6. The zero-order valence-corrected chi connectivity index (χ0v) is 11.3. The van der Waals surface area contributed by atoms with E-state index in [2.05, 4.69) is 0 Å². The third-order valence-electron chi connectivity index (χ3n) is 3.10. The van der Waals surface area contributed by atoms with E-state index in [4.69, 9.17) is 11.6 Å². The minimum absolute atomic E-state index is 0.278. The molecule has 3 heteroatoms. The Morgan fingerprint density at radius 1 is 1.11 bits per heavy atom. The molecule has 0 bridgehead atoms. The molecule has 100 valence electrons. The summed E-state index contributed by atoms with van der Waals surface area (Å²) in [5.74, 6) is -0.406. The van der Waals surface area contributed by atoms with Crippen LogP contribution in [-0.2, 0) is 6.42 Å². The first-order chi connectivity index (χ1) is 9.16. The van der Waals surface area contributed by atoms with Crippen molar-refractivity contribution in [2.75, 3.05) is 0 Å². The number of rotatable bonds is 5. The van der Waals surface area contributed by atoms with Gasteiger partial charge in [-0.3, -0.25) is 0 Å². The van der Waals surface area contributed by atoms with Crippen molar-refractivity contribution in [3.05, 3.63) is 70.5 Å². The first-order valence-electron chi connectivity index (χ1n) is 6.34. The fourth-order valence-corrected chi connectivity index (χ4v) is 2.25. The normalized spacial score (nSPS) is 12.4. The molecule has 0 saturated carbocycles. The Kier molecular flexibility index (Phi) is 4.94. The van der Waals surface area contributed by atoms with Gasteiger partial charge in [-0.05, 0) is 43.0 Å². The number of hydrogen-bond donors (Lipinski definition) is 1. The molecule has 0 aliphatic carbocycles. The van der Waals surface area contributed by atoms with Crippen LogP contribution in [-0.4, -0.2) is 5.11 Å². The van der Waals surface area contributed by atoms with E-state index in [1.807, 2.05) is 30.3 Å². The Morgan fingerprint density at radius 2 is 1.84 bits per heavy atom. The van der Waals surface area contributed by atoms with Gasteiger partial charge in [0.2, 0.25) is 0 Å². The maximum Gasteiger partial charge on any atom is 0.129 e. The van der Waals surface area contributed by atoms with Gasteiger partial charge in [0.15, 0.2) is 0 Å². The van der Waals surface area contributed by atoms with Crippen LogP contribution in [0.5, 0.6) is 0 Å². The summed E-state index contributed by atoms with van der Waals surface area (Å²) in [4.78, 5) is 0. The molecule has 0 saturated heterocycles. The minimum atomic E-state index is -0.803. The molecule has 0 fully saturated rings. The number of aliphatic hydroxyl groups is 1. The van der Waals surface area contributed by atoms with E-state index in [1.165, 1.54) is 23.8 Å².